The zero-order chi connectivity index (χ0) is 23.1. The van der Waals surface area contributed by atoms with E-state index in [1.54, 1.807) is 4.90 Å². The van der Waals surface area contributed by atoms with Gasteiger partial charge in [0, 0.05) is 30.3 Å². The Kier molecular flexibility index (Phi) is 5.55. The minimum absolute atomic E-state index is 0.0619. The van der Waals surface area contributed by atoms with E-state index in [1.165, 1.54) is 6.07 Å². The minimum Gasteiger partial charge on any atom is -0.457 e. The summed E-state index contributed by atoms with van der Waals surface area (Å²) in [5, 5.41) is 0.336. The minimum atomic E-state index is -0.741. The van der Waals surface area contributed by atoms with Crippen LogP contribution in [-0.2, 0) is 4.79 Å². The van der Waals surface area contributed by atoms with Crippen molar-refractivity contribution < 1.29 is 18.3 Å². The van der Waals surface area contributed by atoms with Crippen LogP contribution >= 0.6 is 11.3 Å². The number of halogens is 2. The fourth-order valence-corrected chi connectivity index (χ4v) is 5.03. The first-order valence-electron chi connectivity index (χ1n) is 10.5. The molecule has 5 nitrogen and oxygen atoms in total. The highest BCUT2D eigenvalue weighted by Gasteiger charge is 2.36. The monoisotopic (exact) mass is 465 g/mol. The van der Waals surface area contributed by atoms with Crippen LogP contribution in [0.1, 0.15) is 17.0 Å². The quantitative estimate of drug-likeness (QED) is 0.396. The Labute approximate surface area is 193 Å². The van der Waals surface area contributed by atoms with E-state index < -0.39 is 17.6 Å². The van der Waals surface area contributed by atoms with Crippen LogP contribution in [-0.4, -0.2) is 43.0 Å². The van der Waals surface area contributed by atoms with E-state index in [0.29, 0.717) is 34.4 Å². The fraction of sp³-hybridized carbons (Fsp3) is 0.200. The van der Waals surface area contributed by atoms with Crippen LogP contribution in [0, 0.1) is 11.6 Å². The molecular weight excluding hydrogens is 444 g/mol. The van der Waals surface area contributed by atoms with Gasteiger partial charge in [0.05, 0.1) is 10.6 Å². The van der Waals surface area contributed by atoms with Gasteiger partial charge in [-0.2, -0.15) is 0 Å². The van der Waals surface area contributed by atoms with Crippen LogP contribution in [0.15, 0.2) is 60.7 Å². The lowest BCUT2D eigenvalue weighted by Crippen LogP contribution is -2.40. The summed E-state index contributed by atoms with van der Waals surface area (Å²) in [7, 11) is 3.82. The van der Waals surface area contributed by atoms with Gasteiger partial charge in [0.25, 0.3) is 0 Å². The van der Waals surface area contributed by atoms with Crippen molar-refractivity contribution in [3.63, 3.8) is 0 Å². The summed E-state index contributed by atoms with van der Waals surface area (Å²) < 4.78 is 34.5. The molecule has 33 heavy (non-hydrogen) atoms. The van der Waals surface area contributed by atoms with E-state index in [2.05, 4.69) is 4.98 Å². The molecular formula is C25H21F2N3O2S. The molecule has 0 bridgehead atoms. The van der Waals surface area contributed by atoms with Gasteiger partial charge in [-0.25, -0.2) is 13.8 Å². The molecule has 0 unspecified atom stereocenters. The van der Waals surface area contributed by atoms with Crippen molar-refractivity contribution in [3.8, 4) is 11.5 Å². The van der Waals surface area contributed by atoms with E-state index in [0.717, 1.165) is 28.5 Å². The van der Waals surface area contributed by atoms with Crippen molar-refractivity contribution in [3.05, 3.63) is 83.4 Å². The highest BCUT2D eigenvalue weighted by atomic mass is 32.1. The molecule has 0 spiro atoms. The van der Waals surface area contributed by atoms with Crippen LogP contribution in [0.3, 0.4) is 0 Å². The van der Waals surface area contributed by atoms with Gasteiger partial charge in [-0.15, -0.1) is 0 Å². The Bertz CT molecular complexity index is 1310. The molecule has 2 heterocycles. The Morgan fingerprint density at radius 2 is 1.64 bits per heavy atom. The van der Waals surface area contributed by atoms with E-state index in [9.17, 15) is 13.6 Å². The number of likely N-dealkylation sites (N-methyl/N-ethyl adjacent to an activating group) is 1. The molecule has 1 amide bonds. The topological polar surface area (TPSA) is 45.7 Å². The maximum Gasteiger partial charge on any atom is 0.241 e. The Hall–Kier alpha value is -3.36. The summed E-state index contributed by atoms with van der Waals surface area (Å²) in [5.41, 5.74) is 1.58. The third-order valence-corrected chi connectivity index (χ3v) is 6.62. The maximum absolute atomic E-state index is 14.4. The molecule has 0 N–H and O–H groups in total. The van der Waals surface area contributed by atoms with Crippen LogP contribution in [0.25, 0.3) is 10.2 Å². The van der Waals surface area contributed by atoms with Crippen LogP contribution in [0.4, 0.5) is 13.9 Å². The zero-order valence-corrected chi connectivity index (χ0v) is 18.9. The second-order valence-corrected chi connectivity index (χ2v) is 9.14. The SMILES string of the molecule is CN(C)CCN(C(=O)C1c2ccccc2Oc2ccccc21)c1nc2c(F)cc(F)cc2s1. The summed E-state index contributed by atoms with van der Waals surface area (Å²) in [6.07, 6.45) is 0. The summed E-state index contributed by atoms with van der Waals surface area (Å²) in [4.78, 5) is 22.0. The molecule has 0 fully saturated rings. The van der Waals surface area contributed by atoms with E-state index in [4.69, 9.17) is 4.74 Å². The molecule has 0 aliphatic carbocycles. The van der Waals surface area contributed by atoms with E-state index in [1.807, 2.05) is 67.5 Å². The molecule has 0 radical (unpaired) electrons. The number of carbonyl (C=O) groups excluding carboxylic acids is 1. The first-order chi connectivity index (χ1) is 15.9. The van der Waals surface area contributed by atoms with Crippen LogP contribution in [0.2, 0.25) is 0 Å². The normalized spacial score (nSPS) is 13.0. The van der Waals surface area contributed by atoms with Crippen molar-refractivity contribution in [2.24, 2.45) is 0 Å². The summed E-state index contributed by atoms with van der Waals surface area (Å²) in [6.45, 7) is 0.919. The number of anilines is 1. The molecule has 1 aromatic heterocycles. The number of aromatic nitrogens is 1. The average Bonchev–Trinajstić information content (AvgIpc) is 3.21. The third kappa shape index (κ3) is 3.96. The summed E-state index contributed by atoms with van der Waals surface area (Å²) >= 11 is 1.10. The van der Waals surface area contributed by atoms with Crippen molar-refractivity contribution in [2.45, 2.75) is 5.92 Å². The number of rotatable bonds is 5. The lowest BCUT2D eigenvalue weighted by Gasteiger charge is -2.31. The fourth-order valence-electron chi connectivity index (χ4n) is 3.99. The van der Waals surface area contributed by atoms with Crippen molar-refractivity contribution in [1.29, 1.82) is 0 Å². The summed E-state index contributed by atoms with van der Waals surface area (Å²) in [5.74, 6) is -0.969. The smallest absolute Gasteiger partial charge is 0.241 e. The number of hydrogen-bond acceptors (Lipinski definition) is 5. The highest BCUT2D eigenvalue weighted by Crippen LogP contribution is 2.45. The standard InChI is InChI=1S/C25H21F2N3O2S/c1-29(2)11-12-30(25-28-23-18(27)13-15(26)14-21(23)33-25)24(31)22-16-7-3-5-9-19(16)32-20-10-6-4-8-17(20)22/h3-10,13-14,22H,11-12H2,1-2H3. The van der Waals surface area contributed by atoms with Gasteiger partial charge in [0.15, 0.2) is 10.9 Å². The number of amides is 1. The molecule has 8 heteroatoms. The Balaban J connectivity index is 1.63. The molecule has 1 aliphatic rings. The van der Waals surface area contributed by atoms with E-state index >= 15 is 0 Å². The van der Waals surface area contributed by atoms with Gasteiger partial charge in [0.2, 0.25) is 5.91 Å². The largest absolute Gasteiger partial charge is 0.457 e. The second-order valence-electron chi connectivity index (χ2n) is 8.13. The van der Waals surface area contributed by atoms with Gasteiger partial charge < -0.3 is 9.64 Å². The molecule has 0 saturated carbocycles. The van der Waals surface area contributed by atoms with Gasteiger partial charge >= 0.3 is 0 Å². The molecule has 0 atom stereocenters. The lowest BCUT2D eigenvalue weighted by molar-refractivity contribution is -0.119. The average molecular weight is 466 g/mol. The number of hydrogen-bond donors (Lipinski definition) is 0. The number of thiazole rings is 1. The number of benzene rings is 3. The van der Waals surface area contributed by atoms with Crippen molar-refractivity contribution in [2.75, 3.05) is 32.1 Å². The molecule has 0 saturated heterocycles. The molecule has 4 aromatic rings. The Morgan fingerprint density at radius 1 is 1.00 bits per heavy atom. The predicted molar refractivity (Wildman–Crippen MR) is 125 cm³/mol. The van der Waals surface area contributed by atoms with Crippen LogP contribution < -0.4 is 9.64 Å². The Morgan fingerprint density at radius 3 is 2.27 bits per heavy atom. The number of carbonyl (C=O) groups is 1. The number of para-hydroxylation sites is 2. The van der Waals surface area contributed by atoms with Gasteiger partial charge in [0.1, 0.15) is 22.8 Å². The van der Waals surface area contributed by atoms with Gasteiger partial charge in [-0.05, 0) is 32.3 Å². The number of ether oxygens (including phenoxy) is 1. The third-order valence-electron chi connectivity index (χ3n) is 5.60. The first kappa shape index (κ1) is 21.5. The van der Waals surface area contributed by atoms with E-state index in [-0.39, 0.29) is 11.4 Å². The van der Waals surface area contributed by atoms with Gasteiger partial charge in [-0.1, -0.05) is 47.7 Å². The molecule has 5 rings (SSSR count). The first-order valence-corrected chi connectivity index (χ1v) is 11.3. The van der Waals surface area contributed by atoms with Gasteiger partial charge in [-0.3, -0.25) is 9.69 Å². The maximum atomic E-state index is 14.4. The molecule has 168 valence electrons. The predicted octanol–water partition coefficient (Wildman–Crippen LogP) is 5.41. The van der Waals surface area contributed by atoms with Crippen molar-refractivity contribution in [1.82, 2.24) is 9.88 Å². The lowest BCUT2D eigenvalue weighted by atomic mass is 9.87. The zero-order valence-electron chi connectivity index (χ0n) is 18.1. The van der Waals surface area contributed by atoms with Crippen LogP contribution in [0.5, 0.6) is 11.5 Å². The second kappa shape index (κ2) is 8.53. The number of nitrogens with zero attached hydrogens (tertiary/aromatic N) is 3. The van der Waals surface area contributed by atoms with Crippen molar-refractivity contribution >= 4 is 32.6 Å². The molecule has 3 aromatic carbocycles. The highest BCUT2D eigenvalue weighted by molar-refractivity contribution is 7.22. The number of fused-ring (bicyclic) bond motifs is 3. The summed E-state index contributed by atoms with van der Waals surface area (Å²) in [6, 6.07) is 17.0. The molecule has 1 aliphatic heterocycles.